The van der Waals surface area contributed by atoms with E-state index in [1.165, 1.54) is 4.90 Å². The van der Waals surface area contributed by atoms with E-state index in [1.54, 1.807) is 39.4 Å². The van der Waals surface area contributed by atoms with Crippen molar-refractivity contribution in [2.75, 3.05) is 32.3 Å². The van der Waals surface area contributed by atoms with Crippen LogP contribution in [0.4, 0.5) is 5.69 Å². The Morgan fingerprint density at radius 2 is 1.81 bits per heavy atom. The first-order chi connectivity index (χ1) is 13.1. The molecule has 2 aromatic carbocycles. The average Bonchev–Trinajstić information content (AvgIpc) is 2.94. The standard InChI is InChI=1S/C21H21NO5/c1-4-27-20(23)13-22-17-8-6-5-7-15(17)16(21(22)24)11-14-9-10-18(25-2)19(12-14)26-3/h5-12H,4,13H2,1-3H3/b16-11+. The molecule has 0 bridgehead atoms. The molecule has 2 aromatic rings. The van der Waals surface area contributed by atoms with Gasteiger partial charge in [0.2, 0.25) is 0 Å². The maximum absolute atomic E-state index is 13.0. The highest BCUT2D eigenvalue weighted by molar-refractivity contribution is 6.36. The Bertz CT molecular complexity index is 903. The van der Waals surface area contributed by atoms with Crippen LogP contribution in [0.5, 0.6) is 11.5 Å². The summed E-state index contributed by atoms with van der Waals surface area (Å²) in [5.41, 5.74) is 2.79. The van der Waals surface area contributed by atoms with Crippen LogP contribution < -0.4 is 14.4 Å². The summed E-state index contributed by atoms with van der Waals surface area (Å²) in [6.07, 6.45) is 1.79. The van der Waals surface area contributed by atoms with Crippen LogP contribution in [0.2, 0.25) is 0 Å². The van der Waals surface area contributed by atoms with Gasteiger partial charge in [-0.1, -0.05) is 24.3 Å². The minimum Gasteiger partial charge on any atom is -0.493 e. The minimum absolute atomic E-state index is 0.118. The molecule has 0 spiro atoms. The Morgan fingerprint density at radius 1 is 1.07 bits per heavy atom. The summed E-state index contributed by atoms with van der Waals surface area (Å²) in [4.78, 5) is 26.3. The van der Waals surface area contributed by atoms with E-state index in [0.717, 1.165) is 11.1 Å². The van der Waals surface area contributed by atoms with Crippen molar-refractivity contribution in [1.82, 2.24) is 0 Å². The van der Waals surface area contributed by atoms with Gasteiger partial charge in [-0.2, -0.15) is 0 Å². The Balaban J connectivity index is 2.00. The molecule has 0 unspecified atom stereocenters. The van der Waals surface area contributed by atoms with Gasteiger partial charge >= 0.3 is 5.97 Å². The summed E-state index contributed by atoms with van der Waals surface area (Å²) in [5, 5.41) is 0. The molecule has 1 aliphatic heterocycles. The zero-order chi connectivity index (χ0) is 19.4. The van der Waals surface area contributed by atoms with Crippen LogP contribution in [0.15, 0.2) is 42.5 Å². The largest absolute Gasteiger partial charge is 0.493 e. The van der Waals surface area contributed by atoms with Gasteiger partial charge in [-0.15, -0.1) is 0 Å². The monoisotopic (exact) mass is 367 g/mol. The van der Waals surface area contributed by atoms with Gasteiger partial charge in [0.25, 0.3) is 5.91 Å². The molecule has 0 fully saturated rings. The van der Waals surface area contributed by atoms with Crippen molar-refractivity contribution in [3.05, 3.63) is 53.6 Å². The summed E-state index contributed by atoms with van der Waals surface area (Å²) < 4.78 is 15.6. The number of benzene rings is 2. The van der Waals surface area contributed by atoms with Gasteiger partial charge in [0.05, 0.1) is 26.5 Å². The lowest BCUT2D eigenvalue weighted by atomic mass is 10.0. The van der Waals surface area contributed by atoms with Crippen molar-refractivity contribution in [2.24, 2.45) is 0 Å². The predicted molar refractivity (Wildman–Crippen MR) is 103 cm³/mol. The number of hydrogen-bond acceptors (Lipinski definition) is 5. The molecule has 140 valence electrons. The molecule has 0 N–H and O–H groups in total. The number of amides is 1. The second kappa shape index (κ2) is 7.95. The van der Waals surface area contributed by atoms with Gasteiger partial charge in [0.15, 0.2) is 11.5 Å². The first kappa shape index (κ1) is 18.5. The summed E-state index contributed by atoms with van der Waals surface area (Å²) in [6, 6.07) is 12.8. The number of anilines is 1. The van der Waals surface area contributed by atoms with Gasteiger partial charge in [0, 0.05) is 11.1 Å². The third kappa shape index (κ3) is 3.65. The van der Waals surface area contributed by atoms with Crippen LogP contribution >= 0.6 is 0 Å². The summed E-state index contributed by atoms with van der Waals surface area (Å²) in [7, 11) is 3.13. The van der Waals surface area contributed by atoms with Gasteiger partial charge in [-0.3, -0.25) is 14.5 Å². The number of para-hydroxylation sites is 1. The molecule has 1 heterocycles. The maximum Gasteiger partial charge on any atom is 0.326 e. The van der Waals surface area contributed by atoms with E-state index in [0.29, 0.717) is 22.8 Å². The highest BCUT2D eigenvalue weighted by Gasteiger charge is 2.33. The topological polar surface area (TPSA) is 65.1 Å². The molecule has 0 radical (unpaired) electrons. The van der Waals surface area contributed by atoms with Crippen molar-refractivity contribution in [3.63, 3.8) is 0 Å². The quantitative estimate of drug-likeness (QED) is 0.580. The summed E-state index contributed by atoms with van der Waals surface area (Å²) >= 11 is 0. The number of carbonyl (C=O) groups is 2. The molecule has 27 heavy (non-hydrogen) atoms. The molecule has 1 aliphatic rings. The lowest BCUT2D eigenvalue weighted by Gasteiger charge is -2.15. The molecule has 0 saturated heterocycles. The second-order valence-electron chi connectivity index (χ2n) is 5.89. The van der Waals surface area contributed by atoms with Crippen LogP contribution in [0.3, 0.4) is 0 Å². The molecular formula is C21H21NO5. The number of fused-ring (bicyclic) bond motifs is 1. The Hall–Kier alpha value is -3.28. The van der Waals surface area contributed by atoms with Crippen molar-refractivity contribution >= 4 is 29.2 Å². The number of nitrogens with zero attached hydrogens (tertiary/aromatic N) is 1. The average molecular weight is 367 g/mol. The Morgan fingerprint density at radius 3 is 2.52 bits per heavy atom. The molecule has 0 aromatic heterocycles. The van der Waals surface area contributed by atoms with Crippen molar-refractivity contribution in [2.45, 2.75) is 6.92 Å². The number of hydrogen-bond donors (Lipinski definition) is 0. The highest BCUT2D eigenvalue weighted by atomic mass is 16.5. The van der Waals surface area contributed by atoms with Gasteiger partial charge in [-0.25, -0.2) is 0 Å². The zero-order valence-corrected chi connectivity index (χ0v) is 15.5. The fourth-order valence-electron chi connectivity index (χ4n) is 3.05. The van der Waals surface area contributed by atoms with Crippen LogP contribution in [-0.4, -0.2) is 39.2 Å². The van der Waals surface area contributed by atoms with E-state index >= 15 is 0 Å². The van der Waals surface area contributed by atoms with Gasteiger partial charge in [-0.05, 0) is 36.8 Å². The van der Waals surface area contributed by atoms with E-state index < -0.39 is 5.97 Å². The molecule has 3 rings (SSSR count). The molecule has 6 heteroatoms. The highest BCUT2D eigenvalue weighted by Crippen LogP contribution is 2.38. The third-order valence-electron chi connectivity index (χ3n) is 4.27. The van der Waals surface area contributed by atoms with E-state index in [4.69, 9.17) is 14.2 Å². The zero-order valence-electron chi connectivity index (χ0n) is 15.5. The summed E-state index contributed by atoms with van der Waals surface area (Å²) in [5.74, 6) is 0.516. The molecule has 1 amide bonds. The number of methoxy groups -OCH3 is 2. The minimum atomic E-state index is -0.437. The SMILES string of the molecule is CCOC(=O)CN1C(=O)/C(=C/c2ccc(OC)c(OC)c2)c2ccccc21. The molecular weight excluding hydrogens is 346 g/mol. The van der Waals surface area contributed by atoms with Gasteiger partial charge < -0.3 is 14.2 Å². The Kier molecular flexibility index (Phi) is 5.45. The molecule has 0 atom stereocenters. The van der Waals surface area contributed by atoms with Crippen molar-refractivity contribution in [3.8, 4) is 11.5 Å². The van der Waals surface area contributed by atoms with Crippen LogP contribution in [0, 0.1) is 0 Å². The van der Waals surface area contributed by atoms with Crippen LogP contribution in [0.25, 0.3) is 11.6 Å². The molecule has 0 aliphatic carbocycles. The fraction of sp³-hybridized carbons (Fsp3) is 0.238. The van der Waals surface area contributed by atoms with Crippen molar-refractivity contribution in [1.29, 1.82) is 0 Å². The lowest BCUT2D eigenvalue weighted by molar-refractivity contribution is -0.142. The molecule has 6 nitrogen and oxygen atoms in total. The van der Waals surface area contributed by atoms with E-state index in [1.807, 2.05) is 30.3 Å². The number of rotatable bonds is 6. The first-order valence-corrected chi connectivity index (χ1v) is 8.59. The van der Waals surface area contributed by atoms with Crippen molar-refractivity contribution < 1.29 is 23.8 Å². The summed E-state index contributed by atoms with van der Waals surface area (Å²) in [6.45, 7) is 1.89. The first-order valence-electron chi connectivity index (χ1n) is 8.59. The van der Waals surface area contributed by atoms with E-state index in [-0.39, 0.29) is 19.1 Å². The number of esters is 1. The fourth-order valence-corrected chi connectivity index (χ4v) is 3.05. The normalized spacial score (nSPS) is 14.3. The third-order valence-corrected chi connectivity index (χ3v) is 4.27. The number of ether oxygens (including phenoxy) is 3. The number of carbonyl (C=O) groups excluding carboxylic acids is 2. The van der Waals surface area contributed by atoms with Crippen LogP contribution in [0.1, 0.15) is 18.1 Å². The van der Waals surface area contributed by atoms with E-state index in [9.17, 15) is 9.59 Å². The van der Waals surface area contributed by atoms with Crippen LogP contribution in [-0.2, 0) is 14.3 Å². The van der Waals surface area contributed by atoms with Gasteiger partial charge in [0.1, 0.15) is 6.54 Å². The predicted octanol–water partition coefficient (Wildman–Crippen LogP) is 3.15. The Labute approximate surface area is 158 Å². The smallest absolute Gasteiger partial charge is 0.326 e. The maximum atomic E-state index is 13.0. The second-order valence-corrected chi connectivity index (χ2v) is 5.89. The van der Waals surface area contributed by atoms with E-state index in [2.05, 4.69) is 0 Å². The lowest BCUT2D eigenvalue weighted by Crippen LogP contribution is -2.33. The molecule has 0 saturated carbocycles.